The summed E-state index contributed by atoms with van der Waals surface area (Å²) in [5.41, 5.74) is -0.772. The lowest BCUT2D eigenvalue weighted by molar-refractivity contribution is -0.137. The molecular weight excluding hydrogens is 417 g/mol. The maximum Gasteiger partial charge on any atom is 0.416 e. The van der Waals surface area contributed by atoms with E-state index in [1.54, 1.807) is 11.0 Å². The zero-order valence-electron chi connectivity index (χ0n) is 16.5. The molecule has 9 heteroatoms. The average Bonchev–Trinajstić information content (AvgIpc) is 2.72. The van der Waals surface area contributed by atoms with Gasteiger partial charge in [0.15, 0.2) is 9.84 Å². The van der Waals surface area contributed by atoms with Gasteiger partial charge in [0.05, 0.1) is 21.9 Å². The van der Waals surface area contributed by atoms with Gasteiger partial charge in [-0.3, -0.25) is 4.79 Å². The molecule has 1 amide bonds. The van der Waals surface area contributed by atoms with Crippen LogP contribution < -0.4 is 0 Å². The molecule has 5 nitrogen and oxygen atoms in total. The first-order chi connectivity index (χ1) is 14.1. The minimum Gasteiger partial charge on any atom is -0.334 e. The van der Waals surface area contributed by atoms with Crippen LogP contribution in [0.25, 0.3) is 0 Å². The van der Waals surface area contributed by atoms with Crippen LogP contribution in [0.5, 0.6) is 0 Å². The van der Waals surface area contributed by atoms with Crippen LogP contribution in [-0.2, 0) is 21.8 Å². The number of piperidine rings is 1. The minimum atomic E-state index is -4.64. The fourth-order valence-corrected chi connectivity index (χ4v) is 4.97. The van der Waals surface area contributed by atoms with Gasteiger partial charge >= 0.3 is 6.18 Å². The Balaban J connectivity index is 1.83. The second kappa shape index (κ2) is 8.75. The maximum absolute atomic E-state index is 12.9. The molecule has 1 aromatic heterocycles. The molecule has 0 aliphatic carbocycles. The topological polar surface area (TPSA) is 67.3 Å². The molecule has 1 aliphatic heterocycles. The third kappa shape index (κ3) is 5.00. The zero-order chi connectivity index (χ0) is 21.9. The predicted molar refractivity (Wildman–Crippen MR) is 106 cm³/mol. The fourth-order valence-electron chi connectivity index (χ4n) is 3.66. The Labute approximate surface area is 173 Å². The highest BCUT2D eigenvalue weighted by molar-refractivity contribution is 7.90. The van der Waals surface area contributed by atoms with E-state index in [0.717, 1.165) is 43.9 Å². The highest BCUT2D eigenvalue weighted by Gasteiger charge is 2.32. The van der Waals surface area contributed by atoms with E-state index in [9.17, 15) is 26.4 Å². The van der Waals surface area contributed by atoms with Gasteiger partial charge in [0.25, 0.3) is 5.91 Å². The normalized spacial score (nSPS) is 17.7. The summed E-state index contributed by atoms with van der Waals surface area (Å²) in [7, 11) is -4.07. The van der Waals surface area contributed by atoms with E-state index >= 15 is 0 Å². The van der Waals surface area contributed by atoms with Crippen LogP contribution in [-0.4, -0.2) is 36.8 Å². The van der Waals surface area contributed by atoms with Crippen LogP contribution in [0.3, 0.4) is 0 Å². The van der Waals surface area contributed by atoms with Gasteiger partial charge in [-0.15, -0.1) is 0 Å². The number of likely N-dealkylation sites (tertiary alicyclic amines) is 1. The number of benzene rings is 1. The molecule has 0 spiro atoms. The summed E-state index contributed by atoms with van der Waals surface area (Å²) in [5, 5.41) is 0. The predicted octanol–water partition coefficient (Wildman–Crippen LogP) is 4.48. The molecule has 0 N–H and O–H groups in total. The fraction of sp³-hybridized carbons (Fsp3) is 0.429. The van der Waals surface area contributed by atoms with Crippen LogP contribution >= 0.6 is 0 Å². The van der Waals surface area contributed by atoms with E-state index < -0.39 is 32.2 Å². The van der Waals surface area contributed by atoms with E-state index in [1.807, 2.05) is 6.92 Å². The Morgan fingerprint density at radius 2 is 1.90 bits per heavy atom. The first-order valence-electron chi connectivity index (χ1n) is 9.78. The van der Waals surface area contributed by atoms with Crippen molar-refractivity contribution >= 4 is 15.7 Å². The summed E-state index contributed by atoms with van der Waals surface area (Å²) in [4.78, 5) is 18.4. The summed E-state index contributed by atoms with van der Waals surface area (Å²) in [6.07, 6.45) is -0.918. The van der Waals surface area contributed by atoms with Crippen LogP contribution in [0.2, 0.25) is 0 Å². The Bertz CT molecular complexity index is 1020. The SMILES string of the molecule is CCC1CCCCN1C(=O)c1cccc(CS(=O)(=O)c2cccc(C(F)(F)F)c2)n1. The number of hydrogen-bond donors (Lipinski definition) is 0. The van der Waals surface area contributed by atoms with Gasteiger partial charge in [0.2, 0.25) is 0 Å². The van der Waals surface area contributed by atoms with Crippen molar-refractivity contribution in [3.05, 3.63) is 59.4 Å². The summed E-state index contributed by atoms with van der Waals surface area (Å²) < 4.78 is 64.1. The maximum atomic E-state index is 12.9. The average molecular weight is 440 g/mol. The minimum absolute atomic E-state index is 0.114. The number of amides is 1. The molecule has 1 unspecified atom stereocenters. The number of hydrogen-bond acceptors (Lipinski definition) is 4. The van der Waals surface area contributed by atoms with E-state index in [1.165, 1.54) is 12.1 Å². The number of carbonyl (C=O) groups excluding carboxylic acids is 1. The van der Waals surface area contributed by atoms with Gasteiger partial charge < -0.3 is 4.90 Å². The highest BCUT2D eigenvalue weighted by Crippen LogP contribution is 2.31. The Hall–Kier alpha value is -2.42. The van der Waals surface area contributed by atoms with E-state index in [-0.39, 0.29) is 23.3 Å². The molecule has 162 valence electrons. The van der Waals surface area contributed by atoms with Crippen molar-refractivity contribution < 1.29 is 26.4 Å². The van der Waals surface area contributed by atoms with Crippen LogP contribution in [0.1, 0.15) is 54.4 Å². The second-order valence-corrected chi connectivity index (χ2v) is 9.34. The lowest BCUT2D eigenvalue weighted by Crippen LogP contribution is -2.43. The lowest BCUT2D eigenvalue weighted by atomic mass is 9.99. The molecule has 0 radical (unpaired) electrons. The van der Waals surface area contributed by atoms with E-state index in [4.69, 9.17) is 0 Å². The molecule has 30 heavy (non-hydrogen) atoms. The first kappa shape index (κ1) is 22.3. The van der Waals surface area contributed by atoms with Gasteiger partial charge in [-0.05, 0) is 56.0 Å². The van der Waals surface area contributed by atoms with Crippen molar-refractivity contribution in [3.8, 4) is 0 Å². The van der Waals surface area contributed by atoms with Crippen LogP contribution in [0, 0.1) is 0 Å². The van der Waals surface area contributed by atoms with E-state index in [0.29, 0.717) is 12.6 Å². The standard InChI is InChI=1S/C21H23F3N2O3S/c1-2-17-9-3-4-12-26(17)20(27)19-11-6-8-16(25-19)14-30(28,29)18-10-5-7-15(13-18)21(22,23)24/h5-8,10-11,13,17H,2-4,9,12,14H2,1H3. The van der Waals surface area contributed by atoms with Crippen molar-refractivity contribution in [1.82, 2.24) is 9.88 Å². The second-order valence-electron chi connectivity index (χ2n) is 7.36. The van der Waals surface area contributed by atoms with Gasteiger partial charge in [0, 0.05) is 12.6 Å². The Morgan fingerprint density at radius 1 is 1.17 bits per heavy atom. The Morgan fingerprint density at radius 3 is 2.60 bits per heavy atom. The number of alkyl halides is 3. The molecule has 0 saturated carbocycles. The van der Waals surface area contributed by atoms with Crippen LogP contribution in [0.15, 0.2) is 47.4 Å². The van der Waals surface area contributed by atoms with Crippen molar-refractivity contribution in [2.75, 3.05) is 6.54 Å². The van der Waals surface area contributed by atoms with Crippen molar-refractivity contribution in [1.29, 1.82) is 0 Å². The first-order valence-corrected chi connectivity index (χ1v) is 11.4. The third-order valence-electron chi connectivity index (χ3n) is 5.24. The molecule has 1 aromatic carbocycles. The number of rotatable bonds is 5. The van der Waals surface area contributed by atoms with Gasteiger partial charge in [-0.2, -0.15) is 13.2 Å². The monoisotopic (exact) mass is 440 g/mol. The van der Waals surface area contributed by atoms with Crippen molar-refractivity contribution in [3.63, 3.8) is 0 Å². The quantitative estimate of drug-likeness (QED) is 0.688. The zero-order valence-corrected chi connectivity index (χ0v) is 17.3. The molecule has 1 saturated heterocycles. The summed E-state index contributed by atoms with van der Waals surface area (Å²) >= 11 is 0. The summed E-state index contributed by atoms with van der Waals surface area (Å²) in [6, 6.07) is 8.28. The smallest absolute Gasteiger partial charge is 0.334 e. The number of halogens is 3. The molecule has 3 rings (SSSR count). The van der Waals surface area contributed by atoms with E-state index in [2.05, 4.69) is 4.98 Å². The van der Waals surface area contributed by atoms with Gasteiger partial charge in [0.1, 0.15) is 5.69 Å². The molecule has 1 atom stereocenters. The number of nitrogens with zero attached hydrogens (tertiary/aromatic N) is 2. The molecule has 2 aromatic rings. The lowest BCUT2D eigenvalue weighted by Gasteiger charge is -2.35. The van der Waals surface area contributed by atoms with Crippen molar-refractivity contribution in [2.45, 2.75) is 55.5 Å². The largest absolute Gasteiger partial charge is 0.416 e. The molecule has 2 heterocycles. The highest BCUT2D eigenvalue weighted by atomic mass is 32.2. The Kier molecular flexibility index (Phi) is 6.50. The third-order valence-corrected chi connectivity index (χ3v) is 6.89. The van der Waals surface area contributed by atoms with Gasteiger partial charge in [-0.1, -0.05) is 19.1 Å². The molecule has 1 aliphatic rings. The number of sulfone groups is 1. The van der Waals surface area contributed by atoms with Crippen LogP contribution in [0.4, 0.5) is 13.2 Å². The molecule has 1 fully saturated rings. The molecular formula is C21H23F3N2O3S. The van der Waals surface area contributed by atoms with Gasteiger partial charge in [-0.25, -0.2) is 13.4 Å². The number of aromatic nitrogens is 1. The number of pyridine rings is 1. The van der Waals surface area contributed by atoms with Crippen molar-refractivity contribution in [2.24, 2.45) is 0 Å². The molecule has 0 bridgehead atoms. The summed E-state index contributed by atoms with van der Waals surface area (Å²) in [5.74, 6) is -0.841. The summed E-state index contributed by atoms with van der Waals surface area (Å²) in [6.45, 7) is 2.65. The number of carbonyl (C=O) groups is 1.